The molecule has 3 heterocycles. The third-order valence-corrected chi connectivity index (χ3v) is 3.80. The van der Waals surface area contributed by atoms with Gasteiger partial charge in [0.15, 0.2) is 5.69 Å². The van der Waals surface area contributed by atoms with Crippen molar-refractivity contribution < 1.29 is 14.3 Å². The number of hydrogen-bond donors (Lipinski definition) is 1. The zero-order chi connectivity index (χ0) is 13.2. The Labute approximate surface area is 113 Å². The maximum Gasteiger partial charge on any atom is 0.357 e. The van der Waals surface area contributed by atoms with Crippen molar-refractivity contribution >= 4 is 17.7 Å². The Morgan fingerprint density at radius 2 is 2.26 bits per heavy atom. The highest BCUT2D eigenvalue weighted by Crippen LogP contribution is 2.27. The van der Waals surface area contributed by atoms with Crippen molar-refractivity contribution in [2.45, 2.75) is 42.6 Å². The van der Waals surface area contributed by atoms with E-state index in [4.69, 9.17) is 9.52 Å². The molecule has 0 aromatic carbocycles. The van der Waals surface area contributed by atoms with Crippen LogP contribution in [-0.2, 0) is 13.0 Å². The summed E-state index contributed by atoms with van der Waals surface area (Å²) in [6, 6.07) is 0. The van der Waals surface area contributed by atoms with Gasteiger partial charge in [-0.2, -0.15) is 4.98 Å². The predicted molar refractivity (Wildman–Crippen MR) is 65.2 cm³/mol. The average Bonchev–Trinajstić information content (AvgIpc) is 2.92. The van der Waals surface area contributed by atoms with Gasteiger partial charge in [0.1, 0.15) is 12.1 Å². The van der Waals surface area contributed by atoms with Gasteiger partial charge in [-0.3, -0.25) is 0 Å². The van der Waals surface area contributed by atoms with E-state index in [1.54, 1.807) is 0 Å². The molecule has 0 radical (unpaired) electrons. The smallest absolute Gasteiger partial charge is 0.357 e. The fourth-order valence-electron chi connectivity index (χ4n) is 2.01. The quantitative estimate of drug-likeness (QED) is 0.916. The van der Waals surface area contributed by atoms with E-state index in [0.29, 0.717) is 5.16 Å². The van der Waals surface area contributed by atoms with E-state index in [1.807, 2.05) is 0 Å². The summed E-state index contributed by atoms with van der Waals surface area (Å²) in [4.78, 5) is 14.6. The lowest BCUT2D eigenvalue weighted by Gasteiger charge is -2.03. The van der Waals surface area contributed by atoms with E-state index in [2.05, 4.69) is 19.7 Å². The van der Waals surface area contributed by atoms with E-state index >= 15 is 0 Å². The lowest BCUT2D eigenvalue weighted by atomic mass is 10.2. The minimum absolute atomic E-state index is 0.0990. The predicted octanol–water partition coefficient (Wildman–Crippen LogP) is 1.84. The second-order valence-electron chi connectivity index (χ2n) is 4.27. The van der Waals surface area contributed by atoms with Crippen LogP contribution in [0.15, 0.2) is 21.1 Å². The largest absolute Gasteiger partial charge is 0.476 e. The normalized spacial score (nSPS) is 14.9. The van der Waals surface area contributed by atoms with Gasteiger partial charge in [-0.15, -0.1) is 10.2 Å². The molecule has 0 amide bonds. The van der Waals surface area contributed by atoms with Crippen molar-refractivity contribution in [3.8, 4) is 0 Å². The molecule has 1 aliphatic rings. The van der Waals surface area contributed by atoms with E-state index < -0.39 is 5.97 Å². The fraction of sp³-hybridized carbons (Fsp3) is 0.455. The molecule has 2 aromatic heterocycles. The average molecular weight is 280 g/mol. The highest BCUT2D eigenvalue weighted by molar-refractivity contribution is 7.99. The van der Waals surface area contributed by atoms with Crippen molar-refractivity contribution in [3.05, 3.63) is 17.8 Å². The van der Waals surface area contributed by atoms with Gasteiger partial charge in [-0.1, -0.05) is 6.42 Å². The van der Waals surface area contributed by atoms with Crippen molar-refractivity contribution in [2.24, 2.45) is 0 Å². The van der Waals surface area contributed by atoms with E-state index in [1.165, 1.54) is 18.2 Å². The number of fused-ring (bicyclic) bond motifs is 1. The maximum atomic E-state index is 10.7. The summed E-state index contributed by atoms with van der Waals surface area (Å²) in [6.07, 6.45) is 5.48. The summed E-state index contributed by atoms with van der Waals surface area (Å²) in [5, 5.41) is 18.0. The minimum atomic E-state index is -1.10. The van der Waals surface area contributed by atoms with E-state index in [-0.39, 0.29) is 10.9 Å². The number of aromatic nitrogens is 4. The van der Waals surface area contributed by atoms with Gasteiger partial charge in [0.2, 0.25) is 5.16 Å². The molecule has 100 valence electrons. The second kappa shape index (κ2) is 5.04. The molecule has 0 saturated heterocycles. The molecule has 0 unspecified atom stereocenters. The van der Waals surface area contributed by atoms with Crippen LogP contribution < -0.4 is 0 Å². The second-order valence-corrected chi connectivity index (χ2v) is 5.19. The summed E-state index contributed by atoms with van der Waals surface area (Å²) in [7, 11) is 0. The van der Waals surface area contributed by atoms with Crippen LogP contribution in [0.2, 0.25) is 0 Å². The first kappa shape index (κ1) is 12.2. The molecule has 0 bridgehead atoms. The highest BCUT2D eigenvalue weighted by atomic mass is 32.2. The first-order valence-electron chi connectivity index (χ1n) is 6.03. The fourth-order valence-corrected chi connectivity index (χ4v) is 2.80. The summed E-state index contributed by atoms with van der Waals surface area (Å²) in [5.41, 5.74) is -0.0990. The Bertz CT molecular complexity index is 607. The van der Waals surface area contributed by atoms with Crippen molar-refractivity contribution in [3.63, 3.8) is 0 Å². The van der Waals surface area contributed by atoms with E-state index in [9.17, 15) is 4.79 Å². The topological polar surface area (TPSA) is 94.0 Å². The Morgan fingerprint density at radius 3 is 3.05 bits per heavy atom. The van der Waals surface area contributed by atoms with Crippen LogP contribution in [0.3, 0.4) is 0 Å². The lowest BCUT2D eigenvalue weighted by Crippen LogP contribution is -2.02. The van der Waals surface area contributed by atoms with Gasteiger partial charge in [0.05, 0.1) is 0 Å². The number of nitrogens with zero attached hydrogens (tertiary/aromatic N) is 4. The number of carbonyl (C=O) groups is 1. The molecular formula is C11H12N4O3S. The standard InChI is InChI=1S/C11H12N4O3S/c16-9(17)7-6-18-11(12-7)19-10-14-13-8-4-2-1-3-5-15(8)10/h6H,1-5H2,(H,16,17). The zero-order valence-electron chi connectivity index (χ0n) is 10.1. The molecule has 1 N–H and O–H groups in total. The Kier molecular flexibility index (Phi) is 3.24. The molecule has 0 aliphatic carbocycles. The van der Waals surface area contributed by atoms with E-state index in [0.717, 1.165) is 37.9 Å². The van der Waals surface area contributed by atoms with Crippen molar-refractivity contribution in [2.75, 3.05) is 0 Å². The summed E-state index contributed by atoms with van der Waals surface area (Å²) in [6.45, 7) is 0.886. The van der Waals surface area contributed by atoms with Gasteiger partial charge >= 0.3 is 5.97 Å². The molecule has 2 aromatic rings. The molecule has 8 heteroatoms. The minimum Gasteiger partial charge on any atom is -0.476 e. The molecule has 0 saturated carbocycles. The van der Waals surface area contributed by atoms with Crippen LogP contribution in [0, 0.1) is 0 Å². The SMILES string of the molecule is O=C(O)c1coc(Sc2nnc3n2CCCCC3)n1. The summed E-state index contributed by atoms with van der Waals surface area (Å²) >= 11 is 1.20. The highest BCUT2D eigenvalue weighted by Gasteiger charge is 2.18. The van der Waals surface area contributed by atoms with Crippen LogP contribution in [0.4, 0.5) is 0 Å². The summed E-state index contributed by atoms with van der Waals surface area (Å²) in [5.74, 6) is -0.124. The number of aryl methyl sites for hydroxylation is 1. The first-order chi connectivity index (χ1) is 9.24. The van der Waals surface area contributed by atoms with Gasteiger partial charge in [0.25, 0.3) is 5.22 Å². The van der Waals surface area contributed by atoms with Gasteiger partial charge in [0, 0.05) is 24.7 Å². The number of oxazole rings is 1. The molecule has 19 heavy (non-hydrogen) atoms. The van der Waals surface area contributed by atoms with Gasteiger partial charge in [-0.05, 0) is 12.8 Å². The number of hydrogen-bond acceptors (Lipinski definition) is 6. The van der Waals surface area contributed by atoms with Crippen LogP contribution in [0.1, 0.15) is 35.6 Å². The Balaban J connectivity index is 1.82. The molecule has 1 aliphatic heterocycles. The molecule has 7 nitrogen and oxygen atoms in total. The monoisotopic (exact) mass is 280 g/mol. The molecule has 0 fully saturated rings. The molecule has 0 spiro atoms. The van der Waals surface area contributed by atoms with Crippen molar-refractivity contribution in [1.29, 1.82) is 0 Å². The third-order valence-electron chi connectivity index (χ3n) is 2.96. The zero-order valence-corrected chi connectivity index (χ0v) is 10.9. The molecule has 3 rings (SSSR count). The van der Waals surface area contributed by atoms with Crippen LogP contribution in [-0.4, -0.2) is 30.8 Å². The number of carboxylic acid groups (broad SMARTS) is 1. The van der Waals surface area contributed by atoms with Crippen molar-refractivity contribution in [1.82, 2.24) is 19.7 Å². The molecule has 0 atom stereocenters. The Morgan fingerprint density at radius 1 is 1.37 bits per heavy atom. The summed E-state index contributed by atoms with van der Waals surface area (Å²) < 4.78 is 7.17. The first-order valence-corrected chi connectivity index (χ1v) is 6.84. The van der Waals surface area contributed by atoms with Gasteiger partial charge < -0.3 is 14.1 Å². The number of carboxylic acids is 1. The van der Waals surface area contributed by atoms with Crippen LogP contribution in [0.5, 0.6) is 0 Å². The molecular weight excluding hydrogens is 268 g/mol. The third kappa shape index (κ3) is 2.48. The van der Waals surface area contributed by atoms with Crippen LogP contribution >= 0.6 is 11.8 Å². The van der Waals surface area contributed by atoms with Crippen LogP contribution in [0.25, 0.3) is 0 Å². The Hall–Kier alpha value is -1.83. The maximum absolute atomic E-state index is 10.7. The number of aromatic carboxylic acids is 1. The van der Waals surface area contributed by atoms with Gasteiger partial charge in [-0.25, -0.2) is 4.79 Å². The number of rotatable bonds is 3. The lowest BCUT2D eigenvalue weighted by molar-refractivity contribution is 0.0690.